The van der Waals surface area contributed by atoms with Crippen LogP contribution in [0.15, 0.2) is 78.9 Å². The molecule has 2 N–H and O–H groups in total. The van der Waals surface area contributed by atoms with E-state index >= 15 is 0 Å². The van der Waals surface area contributed by atoms with Crippen LogP contribution in [0.1, 0.15) is 43.5 Å². The molecule has 45 heavy (non-hydrogen) atoms. The number of rotatable bonds is 13. The Kier molecular flexibility index (Phi) is 13.5. The minimum Gasteiger partial charge on any atom is -0.467 e. The number of alkyl halides is 1. The molecule has 0 aliphatic carbocycles. The van der Waals surface area contributed by atoms with E-state index in [9.17, 15) is 19.2 Å². The number of hydrogen-bond acceptors (Lipinski definition) is 9. The lowest BCUT2D eigenvalue weighted by atomic mass is 10.1. The molecule has 0 radical (unpaired) electrons. The smallest absolute Gasteiger partial charge is 0.408 e. The number of alkyl carbamates (subject to hydrolysis) is 2. The van der Waals surface area contributed by atoms with Crippen molar-refractivity contribution in [2.75, 3.05) is 18.1 Å². The molecule has 12 heteroatoms. The number of halogens is 1. The zero-order valence-electron chi connectivity index (χ0n) is 25.5. The Labute approximate surface area is 276 Å². The summed E-state index contributed by atoms with van der Waals surface area (Å²) in [5.41, 5.74) is 1.24. The number of benzene rings is 3. The standard InChI is InChI=1S/C33H37IN2O9/c1-33(2,3)45-32(40)35-27(29(37)42-18-17-34)19-22-13-15-25(16-14-22)44-26-12-8-11-24(20-26)28(30(38)41-4)36-31(39)43-21-23-9-6-5-7-10-23/h5-16,20,27-28H,17-19,21H2,1-4H3,(H,35,40)(H,36,39)/t27-,28-/m1/s1. The molecule has 0 heterocycles. The number of ether oxygens (including phenoxy) is 5. The summed E-state index contributed by atoms with van der Waals surface area (Å²) in [6.45, 7) is 5.46. The summed E-state index contributed by atoms with van der Waals surface area (Å²) in [7, 11) is 1.23. The van der Waals surface area contributed by atoms with Gasteiger partial charge < -0.3 is 34.3 Å². The van der Waals surface area contributed by atoms with Gasteiger partial charge in [-0.15, -0.1) is 0 Å². The van der Waals surface area contributed by atoms with Gasteiger partial charge >= 0.3 is 24.1 Å². The molecule has 3 aromatic rings. The molecule has 0 saturated heterocycles. The van der Waals surface area contributed by atoms with Crippen LogP contribution >= 0.6 is 22.6 Å². The normalized spacial score (nSPS) is 12.2. The molecule has 2 amide bonds. The minimum absolute atomic E-state index is 0.0388. The Balaban J connectivity index is 1.67. The average molecular weight is 733 g/mol. The Hall–Kier alpha value is -4.33. The summed E-state index contributed by atoms with van der Waals surface area (Å²) in [5.74, 6) is -0.363. The van der Waals surface area contributed by atoms with Crippen LogP contribution in [0.2, 0.25) is 0 Å². The molecule has 3 rings (SSSR count). The van der Waals surface area contributed by atoms with Gasteiger partial charge in [0, 0.05) is 10.8 Å². The molecule has 11 nitrogen and oxygen atoms in total. The fraction of sp³-hybridized carbons (Fsp3) is 0.333. The van der Waals surface area contributed by atoms with Crippen LogP contribution in [-0.4, -0.2) is 53.9 Å². The number of methoxy groups -OCH3 is 1. The monoisotopic (exact) mass is 732 g/mol. The lowest BCUT2D eigenvalue weighted by Gasteiger charge is -2.23. The van der Waals surface area contributed by atoms with Crippen molar-refractivity contribution in [1.82, 2.24) is 10.6 Å². The molecular weight excluding hydrogens is 695 g/mol. The number of carbonyl (C=O) groups excluding carboxylic acids is 4. The number of esters is 2. The third-order valence-electron chi connectivity index (χ3n) is 6.00. The molecule has 0 unspecified atom stereocenters. The van der Waals surface area contributed by atoms with Crippen LogP contribution in [0.4, 0.5) is 9.59 Å². The number of hydrogen-bond donors (Lipinski definition) is 2. The summed E-state index contributed by atoms with van der Waals surface area (Å²) in [4.78, 5) is 50.1. The molecule has 0 aromatic heterocycles. The molecular formula is C33H37IN2O9. The third kappa shape index (κ3) is 12.3. The van der Waals surface area contributed by atoms with Crippen LogP contribution < -0.4 is 15.4 Å². The van der Waals surface area contributed by atoms with Crippen molar-refractivity contribution in [3.8, 4) is 11.5 Å². The van der Waals surface area contributed by atoms with E-state index < -0.39 is 41.8 Å². The van der Waals surface area contributed by atoms with Gasteiger partial charge in [-0.1, -0.05) is 77.2 Å². The van der Waals surface area contributed by atoms with E-state index in [1.807, 2.05) is 30.3 Å². The molecule has 3 aromatic carbocycles. The maximum absolute atomic E-state index is 12.7. The van der Waals surface area contributed by atoms with Crippen LogP contribution in [-0.2, 0) is 41.6 Å². The number of nitrogens with one attached hydrogen (secondary N) is 2. The first-order chi connectivity index (χ1) is 21.5. The van der Waals surface area contributed by atoms with Crippen molar-refractivity contribution >= 4 is 46.7 Å². The summed E-state index contributed by atoms with van der Waals surface area (Å²) in [5, 5.41) is 5.15. The summed E-state index contributed by atoms with van der Waals surface area (Å²) in [6, 6.07) is 20.7. The van der Waals surface area contributed by atoms with Crippen LogP contribution in [0, 0.1) is 0 Å². The van der Waals surface area contributed by atoms with Crippen LogP contribution in [0.25, 0.3) is 0 Å². The molecule has 240 valence electrons. The molecule has 0 aliphatic heterocycles. The van der Waals surface area contributed by atoms with E-state index in [1.54, 1.807) is 69.3 Å². The SMILES string of the molecule is COC(=O)[C@H](NC(=O)OCc1ccccc1)c1cccc(Oc2ccc(C[C@@H](NC(=O)OC(C)(C)C)C(=O)OCCI)cc2)c1. The average Bonchev–Trinajstić information content (AvgIpc) is 3.01. The van der Waals surface area contributed by atoms with Crippen molar-refractivity contribution in [2.24, 2.45) is 0 Å². The molecule has 0 fully saturated rings. The molecule has 0 aliphatic rings. The van der Waals surface area contributed by atoms with E-state index in [0.717, 1.165) is 11.1 Å². The van der Waals surface area contributed by atoms with E-state index in [4.69, 9.17) is 23.7 Å². The van der Waals surface area contributed by atoms with Gasteiger partial charge in [-0.2, -0.15) is 0 Å². The van der Waals surface area contributed by atoms with Gasteiger partial charge in [0.05, 0.1) is 7.11 Å². The number of amides is 2. The highest BCUT2D eigenvalue weighted by Gasteiger charge is 2.27. The molecule has 0 saturated carbocycles. The second-order valence-corrected chi connectivity index (χ2v) is 11.8. The van der Waals surface area contributed by atoms with Gasteiger partial charge in [-0.25, -0.2) is 19.2 Å². The second-order valence-electron chi connectivity index (χ2n) is 10.7. The van der Waals surface area contributed by atoms with Gasteiger partial charge in [0.15, 0.2) is 6.04 Å². The number of carbonyl (C=O) groups is 4. The van der Waals surface area contributed by atoms with Gasteiger partial charge in [-0.3, -0.25) is 0 Å². The largest absolute Gasteiger partial charge is 0.467 e. The van der Waals surface area contributed by atoms with E-state index in [0.29, 0.717) is 21.5 Å². The van der Waals surface area contributed by atoms with Crippen molar-refractivity contribution in [3.05, 3.63) is 95.6 Å². The van der Waals surface area contributed by atoms with Crippen molar-refractivity contribution in [3.63, 3.8) is 0 Å². The first kappa shape index (κ1) is 35.2. The highest BCUT2D eigenvalue weighted by molar-refractivity contribution is 14.1. The molecule has 0 spiro atoms. The van der Waals surface area contributed by atoms with Gasteiger partial charge in [-0.05, 0) is 61.7 Å². The first-order valence-electron chi connectivity index (χ1n) is 14.1. The quantitative estimate of drug-likeness (QED) is 0.0934. The maximum atomic E-state index is 12.7. The maximum Gasteiger partial charge on any atom is 0.408 e. The lowest BCUT2D eigenvalue weighted by Crippen LogP contribution is -2.45. The van der Waals surface area contributed by atoms with Crippen LogP contribution in [0.3, 0.4) is 0 Å². The van der Waals surface area contributed by atoms with Gasteiger partial charge in [0.1, 0.15) is 36.4 Å². The highest BCUT2D eigenvalue weighted by atomic mass is 127. The Morgan fingerprint density at radius 1 is 0.778 bits per heavy atom. The zero-order chi connectivity index (χ0) is 32.8. The topological polar surface area (TPSA) is 138 Å². The predicted molar refractivity (Wildman–Crippen MR) is 174 cm³/mol. The first-order valence-corrected chi connectivity index (χ1v) is 15.6. The Morgan fingerprint density at radius 3 is 2.13 bits per heavy atom. The van der Waals surface area contributed by atoms with Crippen molar-refractivity contribution in [2.45, 2.75) is 51.5 Å². The summed E-state index contributed by atoms with van der Waals surface area (Å²) >= 11 is 2.09. The Morgan fingerprint density at radius 2 is 1.49 bits per heavy atom. The van der Waals surface area contributed by atoms with E-state index in [-0.39, 0.29) is 19.6 Å². The van der Waals surface area contributed by atoms with E-state index in [1.165, 1.54) is 7.11 Å². The lowest BCUT2D eigenvalue weighted by molar-refractivity contribution is -0.145. The molecule has 2 atom stereocenters. The fourth-order valence-corrected chi connectivity index (χ4v) is 4.20. The fourth-order valence-electron chi connectivity index (χ4n) is 3.98. The highest BCUT2D eigenvalue weighted by Crippen LogP contribution is 2.26. The van der Waals surface area contributed by atoms with Gasteiger partial charge in [0.25, 0.3) is 0 Å². The predicted octanol–water partition coefficient (Wildman–Crippen LogP) is 6.03. The zero-order valence-corrected chi connectivity index (χ0v) is 27.7. The minimum atomic E-state index is -1.13. The summed E-state index contributed by atoms with van der Waals surface area (Å²) in [6.07, 6.45) is -1.33. The summed E-state index contributed by atoms with van der Waals surface area (Å²) < 4.78 is 27.4. The van der Waals surface area contributed by atoms with Crippen LogP contribution in [0.5, 0.6) is 11.5 Å². The Bertz CT molecular complexity index is 1430. The van der Waals surface area contributed by atoms with Gasteiger partial charge in [0.2, 0.25) is 0 Å². The van der Waals surface area contributed by atoms with Crippen molar-refractivity contribution in [1.29, 1.82) is 0 Å². The molecule has 0 bridgehead atoms. The second kappa shape index (κ2) is 17.2. The van der Waals surface area contributed by atoms with E-state index in [2.05, 4.69) is 33.2 Å². The van der Waals surface area contributed by atoms with Crippen molar-refractivity contribution < 1.29 is 42.9 Å². The third-order valence-corrected chi connectivity index (χ3v) is 6.44.